The van der Waals surface area contributed by atoms with Crippen LogP contribution in [0.2, 0.25) is 10.0 Å². The average molecular weight is 513 g/mol. The first-order valence-electron chi connectivity index (χ1n) is 11.6. The number of rotatable bonds is 6. The maximum Gasteiger partial charge on any atom is 0.101 e. The summed E-state index contributed by atoms with van der Waals surface area (Å²) in [4.78, 5) is 16.7. The minimum atomic E-state index is 0.564. The fourth-order valence-corrected chi connectivity index (χ4v) is 3.54. The highest BCUT2D eigenvalue weighted by molar-refractivity contribution is 6.33. The number of nitrogens with zero attached hydrogens (tertiary/aromatic N) is 4. The van der Waals surface area contributed by atoms with Crippen molar-refractivity contribution in [2.45, 2.75) is 26.7 Å². The number of aryl methyl sites for hydroxylation is 2. The Balaban J connectivity index is 0.000000202. The third-order valence-corrected chi connectivity index (χ3v) is 5.77. The molecule has 0 amide bonds. The molecular formula is C30H26Cl2N4. The van der Waals surface area contributed by atoms with E-state index in [0.29, 0.717) is 21.4 Å². The third kappa shape index (κ3) is 8.16. The summed E-state index contributed by atoms with van der Waals surface area (Å²) in [7, 11) is 0. The Bertz CT molecular complexity index is 1310. The van der Waals surface area contributed by atoms with Gasteiger partial charge in [0, 0.05) is 0 Å². The Morgan fingerprint density at radius 1 is 0.472 bits per heavy atom. The van der Waals surface area contributed by atoms with Crippen molar-refractivity contribution >= 4 is 58.0 Å². The molecule has 0 saturated heterocycles. The van der Waals surface area contributed by atoms with Crippen LogP contribution in [0.15, 0.2) is 117 Å². The van der Waals surface area contributed by atoms with E-state index < -0.39 is 0 Å². The van der Waals surface area contributed by atoms with Gasteiger partial charge in [0.15, 0.2) is 0 Å². The molecule has 4 nitrogen and oxygen atoms in total. The Labute approximate surface area is 222 Å². The summed E-state index contributed by atoms with van der Waals surface area (Å²) in [6, 6.07) is 36.1. The molecule has 0 spiro atoms. The van der Waals surface area contributed by atoms with Crippen LogP contribution in [0.25, 0.3) is 0 Å². The number of hydrogen-bond acceptors (Lipinski definition) is 4. The van der Waals surface area contributed by atoms with E-state index in [1.165, 1.54) is 11.1 Å². The molecule has 0 N–H and O–H groups in total. The van der Waals surface area contributed by atoms with Gasteiger partial charge in [-0.3, -0.25) is 0 Å². The van der Waals surface area contributed by atoms with Crippen molar-refractivity contribution in [3.8, 4) is 0 Å². The molecule has 0 heterocycles. The maximum absolute atomic E-state index is 5.94. The van der Waals surface area contributed by atoms with E-state index in [-0.39, 0.29) is 0 Å². The van der Waals surface area contributed by atoms with Crippen molar-refractivity contribution in [1.82, 2.24) is 0 Å². The predicted molar refractivity (Wildman–Crippen MR) is 153 cm³/mol. The second kappa shape index (κ2) is 14.6. The molecule has 4 aromatic rings. The van der Waals surface area contributed by atoms with Gasteiger partial charge in [-0.1, -0.05) is 97.7 Å². The lowest BCUT2D eigenvalue weighted by atomic mass is 10.1. The van der Waals surface area contributed by atoms with Gasteiger partial charge >= 0.3 is 0 Å². The van der Waals surface area contributed by atoms with Crippen molar-refractivity contribution in [2.75, 3.05) is 0 Å². The first-order valence-corrected chi connectivity index (χ1v) is 12.4. The summed E-state index contributed by atoms with van der Waals surface area (Å²) in [6.45, 7) is 4.25. The summed E-state index contributed by atoms with van der Waals surface area (Å²) in [5.41, 5.74) is 5.59. The van der Waals surface area contributed by atoms with Gasteiger partial charge in [-0.2, -0.15) is 20.0 Å². The Hall–Kier alpha value is -3.78. The number of benzene rings is 4. The highest BCUT2D eigenvalue weighted by Gasteiger charge is 1.98. The van der Waals surface area contributed by atoms with Gasteiger partial charge in [0.25, 0.3) is 0 Å². The fourth-order valence-electron chi connectivity index (χ4n) is 3.19. The second-order valence-corrected chi connectivity index (χ2v) is 8.33. The third-order valence-electron chi connectivity index (χ3n) is 5.13. The van der Waals surface area contributed by atoms with E-state index in [0.717, 1.165) is 24.2 Å². The Kier molecular flexibility index (Phi) is 10.9. The molecule has 0 aliphatic heterocycles. The average Bonchev–Trinajstić information content (AvgIpc) is 2.92. The monoisotopic (exact) mass is 512 g/mol. The molecule has 0 saturated carbocycles. The highest BCUT2D eigenvalue weighted by Crippen LogP contribution is 2.25. The molecule has 4 rings (SSSR count). The van der Waals surface area contributed by atoms with Crippen LogP contribution in [0.1, 0.15) is 25.0 Å². The second-order valence-electron chi connectivity index (χ2n) is 7.51. The van der Waals surface area contributed by atoms with Gasteiger partial charge in [0.2, 0.25) is 0 Å². The number of halogens is 2. The van der Waals surface area contributed by atoms with E-state index in [2.05, 4.69) is 58.0 Å². The molecule has 0 aliphatic carbocycles. The molecule has 0 bridgehead atoms. The number of hydrogen-bond donors (Lipinski definition) is 0. The van der Waals surface area contributed by atoms with Crippen LogP contribution in [0, 0.1) is 0 Å². The maximum atomic E-state index is 5.94. The van der Waals surface area contributed by atoms with E-state index in [1.54, 1.807) is 24.3 Å². The molecule has 0 radical (unpaired) electrons. The van der Waals surface area contributed by atoms with Crippen molar-refractivity contribution in [3.63, 3.8) is 0 Å². The highest BCUT2D eigenvalue weighted by atomic mass is 35.5. The topological polar surface area (TPSA) is 49.4 Å². The van der Waals surface area contributed by atoms with Crippen LogP contribution < -0.4 is 0 Å². The van der Waals surface area contributed by atoms with Crippen molar-refractivity contribution < 1.29 is 0 Å². The molecule has 0 aliphatic rings. The van der Waals surface area contributed by atoms with Crippen LogP contribution in [0.5, 0.6) is 0 Å². The van der Waals surface area contributed by atoms with Gasteiger partial charge in [-0.25, -0.2) is 0 Å². The molecule has 6 heteroatoms. The van der Waals surface area contributed by atoms with E-state index >= 15 is 0 Å². The van der Waals surface area contributed by atoms with Crippen LogP contribution in [-0.2, 0) is 12.8 Å². The molecule has 0 fully saturated rings. The minimum absolute atomic E-state index is 0.564. The molecular weight excluding hydrogens is 487 g/mol. The van der Waals surface area contributed by atoms with Gasteiger partial charge in [0.05, 0.1) is 32.8 Å². The Morgan fingerprint density at radius 2 is 0.778 bits per heavy atom. The van der Waals surface area contributed by atoms with Crippen LogP contribution >= 0.6 is 23.2 Å². The summed E-state index contributed by atoms with van der Waals surface area (Å²) < 4.78 is 0. The zero-order chi connectivity index (χ0) is 25.6. The fraction of sp³-hybridized carbons (Fsp3) is 0.133. The quantitative estimate of drug-likeness (QED) is 0.230. The molecule has 4 aromatic carbocycles. The first-order chi connectivity index (χ1) is 17.6. The van der Waals surface area contributed by atoms with Crippen LogP contribution in [0.3, 0.4) is 0 Å². The molecule has 0 aromatic heterocycles. The lowest BCUT2D eigenvalue weighted by molar-refractivity contribution is 1.13. The minimum Gasteiger partial charge on any atom is -0.187 e. The smallest absolute Gasteiger partial charge is 0.101 e. The zero-order valence-corrected chi connectivity index (χ0v) is 21.7. The van der Waals surface area contributed by atoms with Gasteiger partial charge in [-0.05, 0) is 60.4 Å². The summed E-state index contributed by atoms with van der Waals surface area (Å²) in [5, 5.41) is 1.13. The Morgan fingerprint density at radius 3 is 1.14 bits per heavy atom. The normalized spacial score (nSPS) is 9.67. The van der Waals surface area contributed by atoms with Crippen molar-refractivity contribution in [1.29, 1.82) is 0 Å². The standard InChI is InChI=1S/C17H18N2.C13H8Cl2N2/c1-3-14-9-5-7-11-16(14)18-13-19-17-12-8-6-10-15(17)4-2;14-10-5-1-3-7-12(10)16-9-17-13-8-4-2-6-11(13)15/h5-12H,3-4H2,1-2H3;1-8H. The van der Waals surface area contributed by atoms with Gasteiger partial charge < -0.3 is 0 Å². The summed E-state index contributed by atoms with van der Waals surface area (Å²) in [5.74, 6) is 0. The number of para-hydroxylation sites is 4. The van der Waals surface area contributed by atoms with Crippen LogP contribution in [-0.4, -0.2) is 12.0 Å². The largest absolute Gasteiger partial charge is 0.187 e. The first kappa shape index (κ1) is 26.8. The number of aliphatic imine (C=N–C) groups is 4. The van der Waals surface area contributed by atoms with Gasteiger partial charge in [0.1, 0.15) is 12.0 Å². The SMILES string of the molecule is CCc1ccccc1N=C=Nc1ccccc1CC.Clc1ccccc1N=C=Nc1ccccc1Cl. The molecule has 180 valence electrons. The van der Waals surface area contributed by atoms with E-state index in [1.807, 2.05) is 60.7 Å². The van der Waals surface area contributed by atoms with E-state index in [4.69, 9.17) is 23.2 Å². The summed E-state index contributed by atoms with van der Waals surface area (Å²) in [6.07, 6.45) is 1.93. The van der Waals surface area contributed by atoms with Crippen molar-refractivity contribution in [2.24, 2.45) is 20.0 Å². The van der Waals surface area contributed by atoms with E-state index in [9.17, 15) is 0 Å². The predicted octanol–water partition coefficient (Wildman–Crippen LogP) is 10.1. The molecule has 36 heavy (non-hydrogen) atoms. The molecule has 0 atom stereocenters. The lowest BCUT2D eigenvalue weighted by Crippen LogP contribution is -1.80. The zero-order valence-electron chi connectivity index (χ0n) is 20.2. The van der Waals surface area contributed by atoms with Gasteiger partial charge in [-0.15, -0.1) is 0 Å². The molecule has 0 unspecified atom stereocenters. The lowest BCUT2D eigenvalue weighted by Gasteiger charge is -2.00. The van der Waals surface area contributed by atoms with Crippen LogP contribution in [0.4, 0.5) is 22.7 Å². The van der Waals surface area contributed by atoms with Crippen molar-refractivity contribution in [3.05, 3.63) is 118 Å². The summed E-state index contributed by atoms with van der Waals surface area (Å²) >= 11 is 11.9.